The summed E-state index contributed by atoms with van der Waals surface area (Å²) in [5.74, 6) is -2.97. The largest absolute Gasteiger partial charge is 0.473 e. The number of phosphoric acid groups is 1. The van der Waals surface area contributed by atoms with Gasteiger partial charge in [0, 0.05) is 19.5 Å². The Kier molecular flexibility index (Phi) is 10.6. The normalized spacial score (nSPS) is 31.2. The quantitative estimate of drug-likeness (QED) is 0.122. The second kappa shape index (κ2) is 13.7. The lowest BCUT2D eigenvalue weighted by Crippen LogP contribution is -2.60. The number of nitrogens with two attached hydrogens (primary N) is 1. The fraction of sp³-hybridized carbons (Fsp3) is 0.522. The van der Waals surface area contributed by atoms with Gasteiger partial charge in [0.15, 0.2) is 12.1 Å². The Labute approximate surface area is 248 Å². The first kappa shape index (κ1) is 34.1. The van der Waals surface area contributed by atoms with Gasteiger partial charge in [0.25, 0.3) is 0 Å². The minimum atomic E-state index is -5.44. The number of anilines is 1. The number of benzene rings is 1. The number of rotatable bonds is 11. The summed E-state index contributed by atoms with van der Waals surface area (Å²) in [6, 6.07) is 7.94. The number of aliphatic hydroxyl groups is 3. The molecule has 44 heavy (non-hydrogen) atoms. The Morgan fingerprint density at radius 2 is 1.82 bits per heavy atom. The lowest BCUT2D eigenvalue weighted by Gasteiger charge is -2.41. The number of carbonyl (C=O) groups excluding carboxylic acids is 1. The molecular weight excluding hydrogens is 634 g/mol. The molecule has 244 valence electrons. The lowest BCUT2D eigenvalue weighted by molar-refractivity contribution is -0.208. The number of nitrogens with zero attached hydrogens (tertiary/aromatic N) is 2. The van der Waals surface area contributed by atoms with Crippen molar-refractivity contribution in [1.82, 2.24) is 14.9 Å². The first-order valence-corrected chi connectivity index (χ1v) is 16.1. The van der Waals surface area contributed by atoms with E-state index in [9.17, 15) is 48.7 Å². The molecule has 0 radical (unpaired) electrons. The highest BCUT2D eigenvalue weighted by Crippen LogP contribution is 2.56. The van der Waals surface area contributed by atoms with Gasteiger partial charge < -0.3 is 55.3 Å². The number of aromatic nitrogens is 2. The van der Waals surface area contributed by atoms with Gasteiger partial charge in [-0.1, -0.05) is 18.2 Å². The maximum Gasteiger partial charge on any atom is 0.473 e. The van der Waals surface area contributed by atoms with Crippen molar-refractivity contribution in [2.24, 2.45) is 0 Å². The third-order valence-electron chi connectivity index (χ3n) is 6.61. The molecule has 4 unspecified atom stereocenters. The predicted molar refractivity (Wildman–Crippen MR) is 145 cm³/mol. The Hall–Kier alpha value is -2.77. The van der Waals surface area contributed by atoms with Crippen LogP contribution in [0.5, 0.6) is 5.75 Å². The minimum absolute atomic E-state index is 0.116. The van der Waals surface area contributed by atoms with Gasteiger partial charge in [0.2, 0.25) is 12.2 Å². The van der Waals surface area contributed by atoms with Crippen LogP contribution in [0.25, 0.3) is 0 Å². The zero-order valence-corrected chi connectivity index (χ0v) is 24.7. The van der Waals surface area contributed by atoms with E-state index in [0.29, 0.717) is 0 Å². The van der Waals surface area contributed by atoms with E-state index in [-0.39, 0.29) is 11.6 Å². The Morgan fingerprint density at radius 3 is 2.43 bits per heavy atom. The topological polar surface area (TPSA) is 292 Å². The van der Waals surface area contributed by atoms with E-state index in [0.717, 1.165) is 17.7 Å². The highest BCUT2D eigenvalue weighted by Gasteiger charge is 2.51. The van der Waals surface area contributed by atoms with E-state index in [1.807, 2.05) is 0 Å². The number of carbonyl (C=O) groups is 1. The molecule has 21 heteroatoms. The lowest BCUT2D eigenvalue weighted by atomic mass is 10.00. The van der Waals surface area contributed by atoms with Crippen molar-refractivity contribution in [1.29, 1.82) is 0 Å². The van der Waals surface area contributed by atoms with Crippen LogP contribution in [-0.4, -0.2) is 101 Å². The number of phosphoric ester groups is 1. The summed E-state index contributed by atoms with van der Waals surface area (Å²) in [7, 11) is -10.8. The molecule has 19 nitrogen and oxygen atoms in total. The van der Waals surface area contributed by atoms with Gasteiger partial charge in [-0.3, -0.25) is 23.0 Å². The first-order chi connectivity index (χ1) is 20.6. The molecule has 9 N–H and O–H groups in total. The molecule has 0 saturated carbocycles. The molecule has 2 aromatic rings. The fourth-order valence-electron chi connectivity index (χ4n) is 4.59. The van der Waals surface area contributed by atoms with Crippen LogP contribution in [0.4, 0.5) is 5.82 Å². The fourth-order valence-corrected chi connectivity index (χ4v) is 6.87. The van der Waals surface area contributed by atoms with Gasteiger partial charge in [-0.15, -0.1) is 0 Å². The molecule has 1 aromatic heterocycles. The number of hydrogen-bond acceptors (Lipinski definition) is 14. The second-order valence-corrected chi connectivity index (χ2v) is 13.0. The van der Waals surface area contributed by atoms with E-state index >= 15 is 0 Å². The molecule has 3 heterocycles. The van der Waals surface area contributed by atoms with Crippen molar-refractivity contribution in [3.63, 3.8) is 0 Å². The van der Waals surface area contributed by atoms with Crippen molar-refractivity contribution in [2.45, 2.75) is 68.3 Å². The van der Waals surface area contributed by atoms with Gasteiger partial charge in [0.1, 0.15) is 42.0 Å². The van der Waals surface area contributed by atoms with E-state index in [1.165, 1.54) is 18.2 Å². The van der Waals surface area contributed by atoms with Crippen molar-refractivity contribution in [2.75, 3.05) is 12.3 Å². The van der Waals surface area contributed by atoms with Crippen LogP contribution in [0.1, 0.15) is 19.6 Å². The summed E-state index contributed by atoms with van der Waals surface area (Å²) in [6.07, 6.45) is -10.7. The molecule has 10 atom stereocenters. The molecule has 1 amide bonds. The third kappa shape index (κ3) is 8.28. The second-order valence-electron chi connectivity index (χ2n) is 9.94. The summed E-state index contributed by atoms with van der Waals surface area (Å²) in [6.45, 7) is 0.211. The number of amides is 1. The van der Waals surface area contributed by atoms with Crippen LogP contribution < -0.4 is 21.5 Å². The average Bonchev–Trinajstić information content (AvgIpc) is 3.21. The number of hydrogen-bond donors (Lipinski definition) is 8. The molecule has 2 fully saturated rings. The number of nitrogens with one attached hydrogen (secondary N) is 1. The van der Waals surface area contributed by atoms with Crippen molar-refractivity contribution >= 4 is 27.1 Å². The van der Waals surface area contributed by atoms with E-state index < -0.39 is 95.0 Å². The highest BCUT2D eigenvalue weighted by molar-refractivity contribution is 7.54. The molecule has 0 spiro atoms. The maximum atomic E-state index is 12.8. The maximum absolute atomic E-state index is 12.8. The molecular formula is C23H32N4O15P2. The smallest absolute Gasteiger partial charge is 0.463 e. The Morgan fingerprint density at radius 1 is 1.14 bits per heavy atom. The average molecular weight is 666 g/mol. The molecule has 2 aliphatic heterocycles. The third-order valence-corrected chi connectivity index (χ3v) is 8.85. The van der Waals surface area contributed by atoms with Gasteiger partial charge >= 0.3 is 21.1 Å². The molecule has 0 bridgehead atoms. The standard InChI is InChI=1S/C23H32N4O15P2/c1-11(28)25-17-13(29)9-14(41-21(17)39-12-5-3-2-4-6-12)22(43(33,34)35)42-44(36,37)38-10-15-18(30)19(31)20(40-15)27-8-7-16(24)26-23(27)32/h2-8,13-15,17-22,29-31H,9-10H2,1H3,(H,25,28)(H,36,37)(H2,24,26,32)(H2,33,34,35)/t13-,14-,15-,17-,18+,19?,20-,21?,22?/m1/s1. The summed E-state index contributed by atoms with van der Waals surface area (Å²) in [4.78, 5) is 57.7. The van der Waals surface area contributed by atoms with Crippen LogP contribution in [0, 0.1) is 0 Å². The monoisotopic (exact) mass is 666 g/mol. The summed E-state index contributed by atoms with van der Waals surface area (Å²) in [5.41, 5.74) is 4.52. The van der Waals surface area contributed by atoms with Gasteiger partial charge in [0.05, 0.1) is 12.7 Å². The zero-order chi connectivity index (χ0) is 32.4. The number of nitrogen functional groups attached to an aromatic ring is 1. The van der Waals surface area contributed by atoms with Gasteiger partial charge in [-0.05, 0) is 18.2 Å². The molecule has 2 aliphatic rings. The van der Waals surface area contributed by atoms with Crippen molar-refractivity contribution in [3.8, 4) is 5.75 Å². The van der Waals surface area contributed by atoms with E-state index in [2.05, 4.69) is 10.3 Å². The predicted octanol–water partition coefficient (Wildman–Crippen LogP) is -1.86. The Balaban J connectivity index is 1.47. The molecule has 0 aliphatic carbocycles. The van der Waals surface area contributed by atoms with Crippen LogP contribution >= 0.6 is 15.4 Å². The van der Waals surface area contributed by atoms with Crippen molar-refractivity contribution < 1.29 is 67.2 Å². The van der Waals surface area contributed by atoms with Gasteiger partial charge in [-0.25, -0.2) is 9.36 Å². The first-order valence-electron chi connectivity index (χ1n) is 13.0. The van der Waals surface area contributed by atoms with Gasteiger partial charge in [-0.2, -0.15) is 4.98 Å². The number of ether oxygens (including phenoxy) is 3. The molecule has 2 saturated heterocycles. The highest BCUT2D eigenvalue weighted by atomic mass is 31.2. The van der Waals surface area contributed by atoms with E-state index in [1.54, 1.807) is 18.2 Å². The van der Waals surface area contributed by atoms with Crippen LogP contribution in [0.2, 0.25) is 0 Å². The Bertz CT molecular complexity index is 1460. The minimum Gasteiger partial charge on any atom is -0.463 e. The SMILES string of the molecule is CC(=O)N[C@H]1C(Oc2ccccc2)O[C@@H](C(OP(=O)(O)OC[C@H]2O[C@@H](n3ccc(N)nc3=O)C(O)[C@H]2O)P(=O)(O)O)C[C@H]1O. The number of para-hydroxylation sites is 1. The van der Waals surface area contributed by atoms with Crippen molar-refractivity contribution in [3.05, 3.63) is 53.1 Å². The molecule has 4 rings (SSSR count). The number of aliphatic hydroxyl groups excluding tert-OH is 3. The summed E-state index contributed by atoms with van der Waals surface area (Å²) < 4.78 is 52.5. The summed E-state index contributed by atoms with van der Waals surface area (Å²) in [5, 5.41) is 33.9. The van der Waals surface area contributed by atoms with Crippen LogP contribution in [0.15, 0.2) is 47.4 Å². The van der Waals surface area contributed by atoms with Crippen LogP contribution in [0.3, 0.4) is 0 Å². The zero-order valence-electron chi connectivity index (χ0n) is 22.9. The van der Waals surface area contributed by atoms with E-state index in [4.69, 9.17) is 29.0 Å². The van der Waals surface area contributed by atoms with Crippen LogP contribution in [-0.2, 0) is 32.4 Å². The summed E-state index contributed by atoms with van der Waals surface area (Å²) >= 11 is 0. The molecule has 1 aromatic carbocycles.